The van der Waals surface area contributed by atoms with E-state index in [4.69, 9.17) is 4.74 Å². The predicted octanol–water partition coefficient (Wildman–Crippen LogP) is 1.06. The zero-order valence-electron chi connectivity index (χ0n) is 16.5. The number of carbonyl (C=O) groups excluding carboxylic acids is 1. The van der Waals surface area contributed by atoms with Crippen LogP contribution in [0.4, 0.5) is 0 Å². The molecule has 0 aliphatic carbocycles. The molecule has 7 nitrogen and oxygen atoms in total. The number of rotatable bonds is 8. The van der Waals surface area contributed by atoms with E-state index in [0.717, 1.165) is 45.3 Å². The van der Waals surface area contributed by atoms with Gasteiger partial charge < -0.3 is 15.0 Å². The molecular formula is C18H35N3O4S. The molecule has 2 fully saturated rings. The molecular weight excluding hydrogens is 354 g/mol. The summed E-state index contributed by atoms with van der Waals surface area (Å²) in [6, 6.07) is 0. The van der Waals surface area contributed by atoms with E-state index in [2.05, 4.69) is 24.1 Å². The van der Waals surface area contributed by atoms with Gasteiger partial charge >= 0.3 is 0 Å². The van der Waals surface area contributed by atoms with Crippen LogP contribution in [0.25, 0.3) is 0 Å². The average molecular weight is 390 g/mol. The molecule has 2 rings (SSSR count). The number of hydrogen-bond acceptors (Lipinski definition) is 5. The SMILES string of the molecule is CCN(CC)CCNC(=O)CC1CCOC2(CCN(S(C)(=O)=O)CC2)C1. The lowest BCUT2D eigenvalue weighted by Crippen LogP contribution is -2.50. The number of sulfonamides is 1. The summed E-state index contributed by atoms with van der Waals surface area (Å²) in [5.41, 5.74) is -0.244. The van der Waals surface area contributed by atoms with Crippen LogP contribution in [0.2, 0.25) is 0 Å². The van der Waals surface area contributed by atoms with Crippen LogP contribution in [0.3, 0.4) is 0 Å². The van der Waals surface area contributed by atoms with Crippen LogP contribution in [-0.4, -0.2) is 81.3 Å². The fourth-order valence-electron chi connectivity index (χ4n) is 4.10. The molecule has 2 aliphatic heterocycles. The van der Waals surface area contributed by atoms with Gasteiger partial charge in [-0.05, 0) is 44.7 Å². The Bertz CT molecular complexity index is 555. The summed E-state index contributed by atoms with van der Waals surface area (Å²) in [6.45, 7) is 9.53. The maximum Gasteiger partial charge on any atom is 0.220 e. The summed E-state index contributed by atoms with van der Waals surface area (Å²) in [5.74, 6) is 0.440. The molecule has 0 bridgehead atoms. The van der Waals surface area contributed by atoms with E-state index < -0.39 is 10.0 Å². The van der Waals surface area contributed by atoms with Gasteiger partial charge in [-0.25, -0.2) is 12.7 Å². The van der Waals surface area contributed by atoms with E-state index in [1.54, 1.807) is 0 Å². The van der Waals surface area contributed by atoms with Gasteiger partial charge in [0.15, 0.2) is 0 Å². The molecule has 1 spiro atoms. The van der Waals surface area contributed by atoms with E-state index in [1.807, 2.05) is 0 Å². The molecule has 2 saturated heterocycles. The van der Waals surface area contributed by atoms with Crippen LogP contribution < -0.4 is 5.32 Å². The van der Waals surface area contributed by atoms with E-state index in [9.17, 15) is 13.2 Å². The third-order valence-electron chi connectivity index (χ3n) is 5.82. The van der Waals surface area contributed by atoms with Crippen molar-refractivity contribution in [2.75, 3.05) is 52.1 Å². The Hall–Kier alpha value is -0.700. The predicted molar refractivity (Wildman–Crippen MR) is 102 cm³/mol. The maximum atomic E-state index is 12.3. The molecule has 0 aromatic carbocycles. The van der Waals surface area contributed by atoms with Gasteiger partial charge in [-0.15, -0.1) is 0 Å². The quantitative estimate of drug-likeness (QED) is 0.671. The van der Waals surface area contributed by atoms with Crippen LogP contribution in [0.5, 0.6) is 0 Å². The zero-order chi connectivity index (χ0) is 19.2. The van der Waals surface area contributed by atoms with Crippen molar-refractivity contribution >= 4 is 15.9 Å². The highest BCUT2D eigenvalue weighted by atomic mass is 32.2. The number of ether oxygens (including phenoxy) is 1. The van der Waals surface area contributed by atoms with Crippen molar-refractivity contribution in [2.45, 2.75) is 51.6 Å². The first-order valence-electron chi connectivity index (χ1n) is 9.86. The smallest absolute Gasteiger partial charge is 0.220 e. The van der Waals surface area contributed by atoms with Gasteiger partial charge in [-0.2, -0.15) is 0 Å². The second-order valence-corrected chi connectivity index (χ2v) is 9.62. The highest BCUT2D eigenvalue weighted by Crippen LogP contribution is 2.39. The van der Waals surface area contributed by atoms with Crippen LogP contribution in [0.15, 0.2) is 0 Å². The molecule has 0 aromatic heterocycles. The van der Waals surface area contributed by atoms with E-state index in [-0.39, 0.29) is 11.5 Å². The molecule has 1 N–H and O–H groups in total. The van der Waals surface area contributed by atoms with Crippen LogP contribution in [0.1, 0.15) is 46.0 Å². The standard InChI is InChI=1S/C18H35N3O4S/c1-4-20(5-2)12-9-19-17(22)14-16-6-13-25-18(15-16)7-10-21(11-8-18)26(3,23)24/h16H,4-15H2,1-3H3,(H,19,22). The molecule has 0 aromatic rings. The Morgan fingerprint density at radius 2 is 1.92 bits per heavy atom. The van der Waals surface area contributed by atoms with Crippen molar-refractivity contribution in [1.82, 2.24) is 14.5 Å². The molecule has 1 atom stereocenters. The number of hydrogen-bond donors (Lipinski definition) is 1. The van der Waals surface area contributed by atoms with Crippen molar-refractivity contribution in [3.05, 3.63) is 0 Å². The van der Waals surface area contributed by atoms with Gasteiger partial charge in [0, 0.05) is 39.2 Å². The molecule has 1 amide bonds. The van der Waals surface area contributed by atoms with Crippen molar-refractivity contribution in [1.29, 1.82) is 0 Å². The highest BCUT2D eigenvalue weighted by molar-refractivity contribution is 7.88. The first kappa shape index (κ1) is 21.6. The molecule has 152 valence electrons. The summed E-state index contributed by atoms with van der Waals surface area (Å²) in [7, 11) is -3.13. The molecule has 0 saturated carbocycles. The molecule has 8 heteroatoms. The highest BCUT2D eigenvalue weighted by Gasteiger charge is 2.42. The molecule has 26 heavy (non-hydrogen) atoms. The number of carbonyl (C=O) groups is 1. The fourth-order valence-corrected chi connectivity index (χ4v) is 4.95. The topological polar surface area (TPSA) is 79.0 Å². The Labute approximate surface area is 158 Å². The summed E-state index contributed by atoms with van der Waals surface area (Å²) < 4.78 is 31.0. The molecule has 1 unspecified atom stereocenters. The van der Waals surface area contributed by atoms with Crippen molar-refractivity contribution < 1.29 is 17.9 Å². The first-order valence-corrected chi connectivity index (χ1v) is 11.7. The van der Waals surface area contributed by atoms with Crippen molar-refractivity contribution in [2.24, 2.45) is 5.92 Å². The monoisotopic (exact) mass is 389 g/mol. The zero-order valence-corrected chi connectivity index (χ0v) is 17.3. The lowest BCUT2D eigenvalue weighted by atomic mass is 9.78. The minimum Gasteiger partial charge on any atom is -0.375 e. The number of piperidine rings is 1. The summed E-state index contributed by atoms with van der Waals surface area (Å²) in [6.07, 6.45) is 5.01. The van der Waals surface area contributed by atoms with Crippen LogP contribution >= 0.6 is 0 Å². The van der Waals surface area contributed by atoms with Gasteiger partial charge in [-0.3, -0.25) is 4.79 Å². The van der Waals surface area contributed by atoms with Gasteiger partial charge in [-0.1, -0.05) is 13.8 Å². The van der Waals surface area contributed by atoms with E-state index in [1.165, 1.54) is 10.6 Å². The second-order valence-electron chi connectivity index (χ2n) is 7.63. The first-order chi connectivity index (χ1) is 12.3. The summed E-state index contributed by atoms with van der Waals surface area (Å²) in [4.78, 5) is 14.6. The maximum absolute atomic E-state index is 12.3. The van der Waals surface area contributed by atoms with Gasteiger partial charge in [0.2, 0.25) is 15.9 Å². The third-order valence-corrected chi connectivity index (χ3v) is 7.12. The Morgan fingerprint density at radius 3 is 2.50 bits per heavy atom. The number of nitrogens with one attached hydrogen (secondary N) is 1. The third kappa shape index (κ3) is 6.18. The van der Waals surface area contributed by atoms with Gasteiger partial charge in [0.25, 0.3) is 0 Å². The number of nitrogens with zero attached hydrogens (tertiary/aromatic N) is 2. The normalized spacial score (nSPS) is 24.1. The summed E-state index contributed by atoms with van der Waals surface area (Å²) >= 11 is 0. The summed E-state index contributed by atoms with van der Waals surface area (Å²) in [5, 5.41) is 3.04. The number of likely N-dealkylation sites (N-methyl/N-ethyl adjacent to an activating group) is 1. The van der Waals surface area contributed by atoms with Crippen molar-refractivity contribution in [3.63, 3.8) is 0 Å². The van der Waals surface area contributed by atoms with E-state index in [0.29, 0.717) is 38.6 Å². The second kappa shape index (κ2) is 9.48. The van der Waals surface area contributed by atoms with Gasteiger partial charge in [0.1, 0.15) is 0 Å². The van der Waals surface area contributed by atoms with E-state index >= 15 is 0 Å². The van der Waals surface area contributed by atoms with Gasteiger partial charge in [0.05, 0.1) is 11.9 Å². The lowest BCUT2D eigenvalue weighted by Gasteiger charge is -2.45. The number of amides is 1. The molecule has 0 radical (unpaired) electrons. The average Bonchev–Trinajstić information content (AvgIpc) is 2.58. The Morgan fingerprint density at radius 1 is 1.27 bits per heavy atom. The minimum absolute atomic E-state index is 0.118. The fraction of sp³-hybridized carbons (Fsp3) is 0.944. The Kier molecular flexibility index (Phi) is 7.88. The largest absolute Gasteiger partial charge is 0.375 e. The van der Waals surface area contributed by atoms with Crippen LogP contribution in [0, 0.1) is 5.92 Å². The molecule has 2 heterocycles. The Balaban J connectivity index is 1.77. The van der Waals surface area contributed by atoms with Crippen molar-refractivity contribution in [3.8, 4) is 0 Å². The minimum atomic E-state index is -3.13. The van der Waals surface area contributed by atoms with Crippen LogP contribution in [-0.2, 0) is 19.6 Å². The molecule has 2 aliphatic rings. The lowest BCUT2D eigenvalue weighted by molar-refractivity contribution is -0.132.